The van der Waals surface area contributed by atoms with Crippen LogP contribution in [-0.2, 0) is 0 Å². The molecule has 2 aromatic rings. The van der Waals surface area contributed by atoms with E-state index in [0.717, 1.165) is 15.4 Å². The lowest BCUT2D eigenvalue weighted by Crippen LogP contribution is -1.80. The molecule has 54 valence electrons. The van der Waals surface area contributed by atoms with Crippen LogP contribution < -0.4 is 0 Å². The topological polar surface area (TPSA) is 25.8 Å². The first-order chi connectivity index (χ1) is 5.38. The van der Waals surface area contributed by atoms with E-state index < -0.39 is 0 Å². The minimum atomic E-state index is 0.961. The molecule has 0 unspecified atom stereocenters. The second-order valence-electron chi connectivity index (χ2n) is 2.20. The van der Waals surface area contributed by atoms with Gasteiger partial charge in [-0.1, -0.05) is 12.1 Å². The zero-order valence-corrected chi connectivity index (χ0v) is 7.25. The van der Waals surface area contributed by atoms with Gasteiger partial charge < -0.3 is 0 Å². The quantitative estimate of drug-likeness (QED) is 0.665. The molecule has 0 aliphatic carbocycles. The summed E-state index contributed by atoms with van der Waals surface area (Å²) in [6.45, 7) is 0. The van der Waals surface area contributed by atoms with Gasteiger partial charge in [0.2, 0.25) is 0 Å². The number of halogens is 1. The molecule has 0 aliphatic heterocycles. The molecule has 0 fully saturated rings. The Bertz CT molecular complexity index is 381. The van der Waals surface area contributed by atoms with Crippen molar-refractivity contribution in [3.63, 3.8) is 0 Å². The maximum atomic E-state index is 4.12. The number of hydrogen-bond acceptors (Lipinski definition) is 2. The first-order valence-corrected chi connectivity index (χ1v) is 4.01. The molecule has 2 nitrogen and oxygen atoms in total. The van der Waals surface area contributed by atoms with Crippen LogP contribution >= 0.6 is 15.9 Å². The Morgan fingerprint density at radius 2 is 2.18 bits per heavy atom. The number of rotatable bonds is 0. The number of para-hydroxylation sites is 1. The molecule has 1 aromatic heterocycles. The molecule has 0 spiro atoms. The Kier molecular flexibility index (Phi) is 1.58. The molecular weight excluding hydrogens is 204 g/mol. The van der Waals surface area contributed by atoms with E-state index in [1.807, 2.05) is 18.2 Å². The average Bonchev–Trinajstić information content (AvgIpc) is 2.06. The molecule has 1 heterocycles. The highest BCUT2D eigenvalue weighted by atomic mass is 79.9. The smallest absolute Gasteiger partial charge is 0.116 e. The molecule has 0 aliphatic rings. The minimum absolute atomic E-state index is 0.961. The standard InChI is InChI=1S/C8H5BrN2/c9-7-3-1-2-6-4-10-5-11-8(6)7/h1-5H. The summed E-state index contributed by atoms with van der Waals surface area (Å²) in [4.78, 5) is 8.04. The van der Waals surface area contributed by atoms with Crippen molar-refractivity contribution in [2.45, 2.75) is 0 Å². The molecule has 0 saturated heterocycles. The predicted molar refractivity (Wildman–Crippen MR) is 47.2 cm³/mol. The molecular formula is C8H5BrN2. The van der Waals surface area contributed by atoms with Crippen molar-refractivity contribution in [3.05, 3.63) is 35.2 Å². The van der Waals surface area contributed by atoms with Crippen LogP contribution in [0.25, 0.3) is 10.9 Å². The van der Waals surface area contributed by atoms with Gasteiger partial charge in [0.1, 0.15) is 6.33 Å². The largest absolute Gasteiger partial charge is 0.244 e. The van der Waals surface area contributed by atoms with Gasteiger partial charge in [-0.05, 0) is 22.0 Å². The van der Waals surface area contributed by atoms with E-state index in [9.17, 15) is 0 Å². The molecule has 0 N–H and O–H groups in total. The third-order valence-electron chi connectivity index (χ3n) is 1.49. The number of hydrogen-bond donors (Lipinski definition) is 0. The summed E-state index contributed by atoms with van der Waals surface area (Å²) in [5, 5.41) is 1.06. The lowest BCUT2D eigenvalue weighted by atomic mass is 10.2. The van der Waals surface area contributed by atoms with Gasteiger partial charge in [0, 0.05) is 16.1 Å². The molecule has 0 saturated carbocycles. The van der Waals surface area contributed by atoms with Crippen molar-refractivity contribution in [1.82, 2.24) is 9.97 Å². The Balaban J connectivity index is 2.91. The van der Waals surface area contributed by atoms with Gasteiger partial charge in [-0.15, -0.1) is 0 Å². The molecule has 3 heteroatoms. The van der Waals surface area contributed by atoms with Crippen molar-refractivity contribution >= 4 is 26.8 Å². The monoisotopic (exact) mass is 208 g/mol. The summed E-state index contributed by atoms with van der Waals surface area (Å²) < 4.78 is 1.01. The zero-order chi connectivity index (χ0) is 7.68. The summed E-state index contributed by atoms with van der Waals surface area (Å²) in [5.74, 6) is 0. The molecule has 0 amide bonds. The van der Waals surface area contributed by atoms with Crippen molar-refractivity contribution in [2.24, 2.45) is 0 Å². The van der Waals surface area contributed by atoms with E-state index in [1.54, 1.807) is 12.5 Å². The van der Waals surface area contributed by atoms with Crippen LogP contribution in [0.15, 0.2) is 35.2 Å². The van der Waals surface area contributed by atoms with Gasteiger partial charge in [-0.25, -0.2) is 9.97 Å². The Morgan fingerprint density at radius 1 is 1.27 bits per heavy atom. The van der Waals surface area contributed by atoms with Gasteiger partial charge in [-0.3, -0.25) is 0 Å². The number of aromatic nitrogens is 2. The highest BCUT2D eigenvalue weighted by Gasteiger charge is 1.96. The van der Waals surface area contributed by atoms with Crippen molar-refractivity contribution < 1.29 is 0 Å². The van der Waals surface area contributed by atoms with Crippen molar-refractivity contribution in [2.75, 3.05) is 0 Å². The van der Waals surface area contributed by atoms with Crippen LogP contribution in [0.5, 0.6) is 0 Å². The lowest BCUT2D eigenvalue weighted by Gasteiger charge is -1.95. The molecule has 0 radical (unpaired) electrons. The van der Waals surface area contributed by atoms with Crippen molar-refractivity contribution in [3.8, 4) is 0 Å². The van der Waals surface area contributed by atoms with Crippen LogP contribution in [-0.4, -0.2) is 9.97 Å². The molecule has 0 bridgehead atoms. The second-order valence-corrected chi connectivity index (χ2v) is 3.05. The average molecular weight is 209 g/mol. The fourth-order valence-corrected chi connectivity index (χ4v) is 1.46. The van der Waals surface area contributed by atoms with Gasteiger partial charge in [0.05, 0.1) is 5.52 Å². The summed E-state index contributed by atoms with van der Waals surface area (Å²) in [6.07, 6.45) is 3.35. The van der Waals surface area contributed by atoms with E-state index >= 15 is 0 Å². The normalized spacial score (nSPS) is 10.3. The SMILES string of the molecule is Brc1cccc2cncnc12. The Labute approximate surface area is 72.4 Å². The van der Waals surface area contributed by atoms with Crippen LogP contribution in [0.4, 0.5) is 0 Å². The van der Waals surface area contributed by atoms with Crippen molar-refractivity contribution in [1.29, 1.82) is 0 Å². The first-order valence-electron chi connectivity index (χ1n) is 3.22. The molecule has 1 aromatic carbocycles. The maximum Gasteiger partial charge on any atom is 0.116 e. The molecule has 2 rings (SSSR count). The van der Waals surface area contributed by atoms with E-state index in [-0.39, 0.29) is 0 Å². The van der Waals surface area contributed by atoms with E-state index in [0.29, 0.717) is 0 Å². The molecule has 0 atom stereocenters. The Morgan fingerprint density at radius 3 is 3.00 bits per heavy atom. The number of benzene rings is 1. The maximum absolute atomic E-state index is 4.12. The van der Waals surface area contributed by atoms with Gasteiger partial charge in [-0.2, -0.15) is 0 Å². The van der Waals surface area contributed by atoms with Gasteiger partial charge in [0.15, 0.2) is 0 Å². The van der Waals surface area contributed by atoms with E-state index in [4.69, 9.17) is 0 Å². The minimum Gasteiger partial charge on any atom is -0.244 e. The van der Waals surface area contributed by atoms with Crippen LogP contribution in [0, 0.1) is 0 Å². The van der Waals surface area contributed by atoms with E-state index in [2.05, 4.69) is 25.9 Å². The summed E-state index contributed by atoms with van der Waals surface area (Å²) in [5.41, 5.74) is 0.961. The summed E-state index contributed by atoms with van der Waals surface area (Å²) >= 11 is 3.41. The number of fused-ring (bicyclic) bond motifs is 1. The van der Waals surface area contributed by atoms with E-state index in [1.165, 1.54) is 0 Å². The third kappa shape index (κ3) is 1.12. The summed E-state index contributed by atoms with van der Waals surface area (Å²) in [6, 6.07) is 5.92. The van der Waals surface area contributed by atoms with Crippen LogP contribution in [0.1, 0.15) is 0 Å². The van der Waals surface area contributed by atoms with Gasteiger partial charge >= 0.3 is 0 Å². The second kappa shape index (κ2) is 2.58. The highest BCUT2D eigenvalue weighted by molar-refractivity contribution is 9.10. The predicted octanol–water partition coefficient (Wildman–Crippen LogP) is 2.39. The first kappa shape index (κ1) is 6.73. The fraction of sp³-hybridized carbons (Fsp3) is 0. The lowest BCUT2D eigenvalue weighted by molar-refractivity contribution is 1.22. The third-order valence-corrected chi connectivity index (χ3v) is 2.13. The van der Waals surface area contributed by atoms with Crippen LogP contribution in [0.2, 0.25) is 0 Å². The fourth-order valence-electron chi connectivity index (χ4n) is 0.977. The number of nitrogens with zero attached hydrogens (tertiary/aromatic N) is 2. The van der Waals surface area contributed by atoms with Gasteiger partial charge in [0.25, 0.3) is 0 Å². The highest BCUT2D eigenvalue weighted by Crippen LogP contribution is 2.19. The van der Waals surface area contributed by atoms with Crippen LogP contribution in [0.3, 0.4) is 0 Å². The molecule has 11 heavy (non-hydrogen) atoms. The summed E-state index contributed by atoms with van der Waals surface area (Å²) in [7, 11) is 0. The zero-order valence-electron chi connectivity index (χ0n) is 5.66. The Hall–Kier alpha value is -0.960.